The van der Waals surface area contributed by atoms with Crippen LogP contribution in [0.3, 0.4) is 0 Å². The summed E-state index contributed by atoms with van der Waals surface area (Å²) in [4.78, 5) is 10.8. The SMILES string of the molecule is C#Cc1nn(C(=O)O)c2ccc(Br)cc12. The Morgan fingerprint density at radius 1 is 1.60 bits per heavy atom. The number of nitrogens with zero attached hydrogens (tertiary/aromatic N) is 2. The van der Waals surface area contributed by atoms with Gasteiger partial charge in [-0.2, -0.15) is 9.78 Å². The van der Waals surface area contributed by atoms with Gasteiger partial charge in [-0.25, -0.2) is 4.79 Å². The minimum atomic E-state index is -1.15. The van der Waals surface area contributed by atoms with Crippen molar-refractivity contribution in [1.29, 1.82) is 0 Å². The highest BCUT2D eigenvalue weighted by molar-refractivity contribution is 9.10. The molecule has 0 spiro atoms. The summed E-state index contributed by atoms with van der Waals surface area (Å²) in [6, 6.07) is 5.14. The average Bonchev–Trinajstić information content (AvgIpc) is 2.55. The lowest BCUT2D eigenvalue weighted by Crippen LogP contribution is -2.09. The zero-order valence-corrected chi connectivity index (χ0v) is 9.02. The monoisotopic (exact) mass is 264 g/mol. The first-order chi connectivity index (χ1) is 7.13. The molecule has 0 aliphatic carbocycles. The van der Waals surface area contributed by atoms with Crippen molar-refractivity contribution in [3.05, 3.63) is 28.4 Å². The van der Waals surface area contributed by atoms with Crippen LogP contribution in [0.1, 0.15) is 5.69 Å². The Balaban J connectivity index is 2.88. The molecule has 2 aromatic rings. The van der Waals surface area contributed by atoms with Crippen LogP contribution < -0.4 is 0 Å². The highest BCUT2D eigenvalue weighted by atomic mass is 79.9. The largest absolute Gasteiger partial charge is 0.463 e. The molecule has 2 rings (SSSR count). The lowest BCUT2D eigenvalue weighted by molar-refractivity contribution is 0.194. The fourth-order valence-electron chi connectivity index (χ4n) is 1.34. The van der Waals surface area contributed by atoms with E-state index < -0.39 is 6.09 Å². The number of terminal acetylenes is 1. The summed E-state index contributed by atoms with van der Waals surface area (Å²) in [6.45, 7) is 0. The molecule has 1 aromatic carbocycles. The first kappa shape index (κ1) is 9.74. The van der Waals surface area contributed by atoms with E-state index in [1.807, 2.05) is 0 Å². The molecule has 0 bridgehead atoms. The van der Waals surface area contributed by atoms with Gasteiger partial charge in [0.2, 0.25) is 0 Å². The lowest BCUT2D eigenvalue weighted by Gasteiger charge is -1.94. The predicted molar refractivity (Wildman–Crippen MR) is 58.8 cm³/mol. The van der Waals surface area contributed by atoms with Crippen LogP contribution in [0.15, 0.2) is 22.7 Å². The molecule has 0 unspecified atom stereocenters. The molecule has 0 aliphatic rings. The van der Waals surface area contributed by atoms with Gasteiger partial charge in [-0.15, -0.1) is 6.42 Å². The molecule has 0 saturated heterocycles. The zero-order chi connectivity index (χ0) is 11.0. The molecular formula is C10H5BrN2O2. The highest BCUT2D eigenvalue weighted by Crippen LogP contribution is 2.22. The quantitative estimate of drug-likeness (QED) is 0.743. The maximum atomic E-state index is 10.8. The second-order valence-corrected chi connectivity index (χ2v) is 3.76. The second-order valence-electron chi connectivity index (χ2n) is 2.85. The van der Waals surface area contributed by atoms with Crippen molar-refractivity contribution >= 4 is 32.9 Å². The van der Waals surface area contributed by atoms with E-state index >= 15 is 0 Å². The van der Waals surface area contributed by atoms with Crippen LogP contribution in [0, 0.1) is 12.3 Å². The highest BCUT2D eigenvalue weighted by Gasteiger charge is 2.13. The maximum absolute atomic E-state index is 10.8. The molecule has 15 heavy (non-hydrogen) atoms. The molecule has 0 atom stereocenters. The van der Waals surface area contributed by atoms with Gasteiger partial charge >= 0.3 is 6.09 Å². The van der Waals surface area contributed by atoms with Gasteiger partial charge in [0.1, 0.15) is 5.69 Å². The van der Waals surface area contributed by atoms with Gasteiger partial charge in [-0.1, -0.05) is 15.9 Å². The van der Waals surface area contributed by atoms with E-state index in [1.54, 1.807) is 18.2 Å². The van der Waals surface area contributed by atoms with Gasteiger partial charge in [0, 0.05) is 9.86 Å². The minimum Gasteiger partial charge on any atom is -0.463 e. The van der Waals surface area contributed by atoms with E-state index in [2.05, 4.69) is 26.9 Å². The molecule has 0 amide bonds. The summed E-state index contributed by atoms with van der Waals surface area (Å²) >= 11 is 3.29. The van der Waals surface area contributed by atoms with Gasteiger partial charge in [0.15, 0.2) is 0 Å². The number of hydrogen-bond acceptors (Lipinski definition) is 2. The number of rotatable bonds is 0. The topological polar surface area (TPSA) is 55.1 Å². The number of fused-ring (bicyclic) bond motifs is 1. The third-order valence-corrected chi connectivity index (χ3v) is 2.45. The Kier molecular flexibility index (Phi) is 2.21. The van der Waals surface area contributed by atoms with Crippen molar-refractivity contribution in [3.63, 3.8) is 0 Å². The van der Waals surface area contributed by atoms with E-state index in [4.69, 9.17) is 11.5 Å². The molecule has 1 N–H and O–H groups in total. The molecule has 0 radical (unpaired) electrons. The first-order valence-electron chi connectivity index (χ1n) is 4.01. The van der Waals surface area contributed by atoms with E-state index in [1.165, 1.54) is 0 Å². The first-order valence-corrected chi connectivity index (χ1v) is 4.81. The molecule has 1 aromatic heterocycles. The molecule has 5 heteroatoms. The normalized spacial score (nSPS) is 10.1. The van der Waals surface area contributed by atoms with Gasteiger partial charge in [0.05, 0.1) is 5.52 Å². The third-order valence-electron chi connectivity index (χ3n) is 1.96. The summed E-state index contributed by atoms with van der Waals surface area (Å²) in [5, 5.41) is 13.3. The lowest BCUT2D eigenvalue weighted by atomic mass is 10.2. The Morgan fingerprint density at radius 2 is 2.33 bits per heavy atom. The van der Waals surface area contributed by atoms with Crippen LogP contribution in [0.4, 0.5) is 4.79 Å². The van der Waals surface area contributed by atoms with E-state index in [0.29, 0.717) is 16.6 Å². The van der Waals surface area contributed by atoms with Crippen molar-refractivity contribution in [2.24, 2.45) is 0 Å². The van der Waals surface area contributed by atoms with Crippen LogP contribution in [0.2, 0.25) is 0 Å². The van der Waals surface area contributed by atoms with Crippen molar-refractivity contribution < 1.29 is 9.90 Å². The summed E-state index contributed by atoms with van der Waals surface area (Å²) in [5.41, 5.74) is 0.812. The minimum absolute atomic E-state index is 0.328. The number of hydrogen-bond donors (Lipinski definition) is 1. The van der Waals surface area contributed by atoms with Crippen molar-refractivity contribution in [2.75, 3.05) is 0 Å². The smallest absolute Gasteiger partial charge is 0.432 e. The summed E-state index contributed by atoms with van der Waals surface area (Å²) in [6.07, 6.45) is 4.10. The Bertz CT molecular complexity index is 595. The number of carbonyl (C=O) groups is 1. The Labute approximate surface area is 93.6 Å². The number of halogens is 1. The standard InChI is InChI=1S/C10H5BrN2O2/c1-2-8-7-5-6(11)3-4-9(7)13(12-8)10(14)15/h1,3-5H,(H,14,15). The second kappa shape index (κ2) is 3.41. The zero-order valence-electron chi connectivity index (χ0n) is 7.44. The average molecular weight is 265 g/mol. The summed E-state index contributed by atoms with van der Waals surface area (Å²) < 4.78 is 1.70. The van der Waals surface area contributed by atoms with Gasteiger partial charge in [-0.05, 0) is 24.1 Å². The molecule has 4 nitrogen and oxygen atoms in total. The van der Waals surface area contributed by atoms with Gasteiger partial charge < -0.3 is 5.11 Å². The third kappa shape index (κ3) is 1.49. The van der Waals surface area contributed by atoms with Crippen molar-refractivity contribution in [3.8, 4) is 12.3 Å². The fraction of sp³-hybridized carbons (Fsp3) is 0. The van der Waals surface area contributed by atoms with Gasteiger partial charge in [-0.3, -0.25) is 0 Å². The fourth-order valence-corrected chi connectivity index (χ4v) is 1.70. The Hall–Kier alpha value is -1.80. The van der Waals surface area contributed by atoms with Crippen LogP contribution in [0.5, 0.6) is 0 Å². The van der Waals surface area contributed by atoms with E-state index in [9.17, 15) is 4.79 Å². The summed E-state index contributed by atoms with van der Waals surface area (Å²) in [5.74, 6) is 2.36. The molecule has 0 aliphatic heterocycles. The van der Waals surface area contributed by atoms with Crippen LogP contribution in [-0.4, -0.2) is 21.0 Å². The van der Waals surface area contributed by atoms with Gasteiger partial charge in [0.25, 0.3) is 0 Å². The van der Waals surface area contributed by atoms with E-state index in [-0.39, 0.29) is 0 Å². The van der Waals surface area contributed by atoms with Crippen LogP contribution >= 0.6 is 15.9 Å². The van der Waals surface area contributed by atoms with Crippen LogP contribution in [-0.2, 0) is 0 Å². The molecule has 1 heterocycles. The molecule has 74 valence electrons. The molecule has 0 fully saturated rings. The Morgan fingerprint density at radius 3 is 2.93 bits per heavy atom. The molecular weight excluding hydrogens is 260 g/mol. The number of carboxylic acid groups (broad SMARTS) is 1. The maximum Gasteiger partial charge on any atom is 0.432 e. The van der Waals surface area contributed by atoms with E-state index in [0.717, 1.165) is 9.15 Å². The van der Waals surface area contributed by atoms with Crippen molar-refractivity contribution in [2.45, 2.75) is 0 Å². The number of aromatic nitrogens is 2. The summed E-state index contributed by atoms with van der Waals surface area (Å²) in [7, 11) is 0. The number of benzene rings is 1. The predicted octanol–water partition coefficient (Wildman–Crippen LogP) is 2.31. The van der Waals surface area contributed by atoms with Crippen LogP contribution in [0.25, 0.3) is 10.9 Å². The van der Waals surface area contributed by atoms with Crippen molar-refractivity contribution in [1.82, 2.24) is 9.78 Å². The molecule has 0 saturated carbocycles.